The SMILES string of the molecule is CS(=O)(=O)CC(O)c1c(F)ccc(F)c1F. The number of aliphatic hydroxyl groups excluding tert-OH is 1. The number of hydrogen-bond acceptors (Lipinski definition) is 3. The summed E-state index contributed by atoms with van der Waals surface area (Å²) < 4.78 is 60.6. The van der Waals surface area contributed by atoms with Crippen LogP contribution < -0.4 is 0 Å². The van der Waals surface area contributed by atoms with Gasteiger partial charge in [-0.2, -0.15) is 0 Å². The van der Waals surface area contributed by atoms with Crippen molar-refractivity contribution in [1.29, 1.82) is 0 Å². The Hall–Kier alpha value is -1.08. The summed E-state index contributed by atoms with van der Waals surface area (Å²) in [6.07, 6.45) is -1.13. The first-order valence-corrected chi connectivity index (χ1v) is 6.27. The van der Waals surface area contributed by atoms with Crippen molar-refractivity contribution < 1.29 is 26.7 Å². The molecule has 0 spiro atoms. The molecule has 1 atom stereocenters. The fourth-order valence-corrected chi connectivity index (χ4v) is 1.96. The molecule has 0 aliphatic carbocycles. The van der Waals surface area contributed by atoms with Crippen molar-refractivity contribution in [2.24, 2.45) is 0 Å². The first-order valence-electron chi connectivity index (χ1n) is 4.21. The summed E-state index contributed by atoms with van der Waals surface area (Å²) in [5.74, 6) is -4.97. The van der Waals surface area contributed by atoms with Gasteiger partial charge in [-0.3, -0.25) is 0 Å². The van der Waals surface area contributed by atoms with Crippen LogP contribution in [0.2, 0.25) is 0 Å². The molecule has 1 N–H and O–H groups in total. The van der Waals surface area contributed by atoms with Crippen LogP contribution in [0.4, 0.5) is 13.2 Å². The highest BCUT2D eigenvalue weighted by Crippen LogP contribution is 2.23. The molecule has 0 fully saturated rings. The van der Waals surface area contributed by atoms with Crippen molar-refractivity contribution in [2.45, 2.75) is 6.10 Å². The molecule has 0 bridgehead atoms. The van der Waals surface area contributed by atoms with Gasteiger partial charge in [0, 0.05) is 6.26 Å². The zero-order valence-corrected chi connectivity index (χ0v) is 9.06. The third-order valence-corrected chi connectivity index (χ3v) is 2.79. The van der Waals surface area contributed by atoms with Gasteiger partial charge in [0.25, 0.3) is 0 Å². The highest BCUT2D eigenvalue weighted by atomic mass is 32.2. The van der Waals surface area contributed by atoms with Gasteiger partial charge in [0.2, 0.25) is 0 Å². The predicted octanol–water partition coefficient (Wildman–Crippen LogP) is 1.18. The van der Waals surface area contributed by atoms with Gasteiger partial charge in [0.1, 0.15) is 15.7 Å². The van der Waals surface area contributed by atoms with E-state index in [9.17, 15) is 26.7 Å². The van der Waals surface area contributed by atoms with Crippen LogP contribution in [0.1, 0.15) is 11.7 Å². The van der Waals surface area contributed by atoms with Crippen molar-refractivity contribution in [2.75, 3.05) is 12.0 Å². The first kappa shape index (κ1) is 13.0. The molecule has 0 radical (unpaired) electrons. The van der Waals surface area contributed by atoms with E-state index in [-0.39, 0.29) is 0 Å². The fraction of sp³-hybridized carbons (Fsp3) is 0.333. The zero-order valence-electron chi connectivity index (χ0n) is 8.25. The van der Waals surface area contributed by atoms with Gasteiger partial charge in [0.15, 0.2) is 11.6 Å². The van der Waals surface area contributed by atoms with Gasteiger partial charge in [-0.25, -0.2) is 21.6 Å². The van der Waals surface area contributed by atoms with Crippen LogP contribution >= 0.6 is 0 Å². The topological polar surface area (TPSA) is 54.4 Å². The third-order valence-electron chi connectivity index (χ3n) is 1.87. The standard InChI is InChI=1S/C9H9F3O3S/c1-16(14,15)4-7(13)8-5(10)2-3-6(11)9(8)12/h2-3,7,13H,4H2,1H3. The van der Waals surface area contributed by atoms with E-state index >= 15 is 0 Å². The molecule has 7 heteroatoms. The van der Waals surface area contributed by atoms with Crippen LogP contribution in [0.5, 0.6) is 0 Å². The van der Waals surface area contributed by atoms with E-state index in [1.54, 1.807) is 0 Å². The molecule has 16 heavy (non-hydrogen) atoms. The maximum Gasteiger partial charge on any atom is 0.167 e. The molecule has 0 aliphatic rings. The molecule has 3 nitrogen and oxygen atoms in total. The quantitative estimate of drug-likeness (QED) is 0.824. The Morgan fingerprint density at radius 3 is 2.25 bits per heavy atom. The highest BCUT2D eigenvalue weighted by Gasteiger charge is 2.24. The van der Waals surface area contributed by atoms with Crippen molar-refractivity contribution in [3.05, 3.63) is 35.1 Å². The summed E-state index contributed by atoms with van der Waals surface area (Å²) in [5.41, 5.74) is -0.967. The van der Waals surface area contributed by atoms with Crippen LogP contribution in [0, 0.1) is 17.5 Å². The monoisotopic (exact) mass is 254 g/mol. The Morgan fingerprint density at radius 2 is 1.75 bits per heavy atom. The normalized spacial score (nSPS) is 13.8. The second kappa shape index (κ2) is 4.42. The predicted molar refractivity (Wildman–Crippen MR) is 51.0 cm³/mol. The van der Waals surface area contributed by atoms with Crippen molar-refractivity contribution >= 4 is 9.84 Å². The van der Waals surface area contributed by atoms with E-state index in [1.165, 1.54) is 0 Å². The molecule has 1 rings (SSSR count). The molecule has 0 aromatic heterocycles. The molecule has 1 aromatic rings. The third kappa shape index (κ3) is 2.96. The number of aliphatic hydroxyl groups is 1. The molecule has 0 saturated heterocycles. The maximum atomic E-state index is 13.1. The minimum atomic E-state index is -3.62. The lowest BCUT2D eigenvalue weighted by Crippen LogP contribution is -2.16. The smallest absolute Gasteiger partial charge is 0.167 e. The number of hydrogen-bond donors (Lipinski definition) is 1. The molecule has 0 amide bonds. The Morgan fingerprint density at radius 1 is 1.25 bits per heavy atom. The summed E-state index contributed by atoms with van der Waals surface area (Å²) in [6, 6.07) is 1.18. The van der Waals surface area contributed by atoms with Gasteiger partial charge in [-0.15, -0.1) is 0 Å². The van der Waals surface area contributed by atoms with Gasteiger partial charge < -0.3 is 5.11 Å². The van der Waals surface area contributed by atoms with Crippen molar-refractivity contribution in [3.8, 4) is 0 Å². The average Bonchev–Trinajstić information content (AvgIpc) is 2.09. The van der Waals surface area contributed by atoms with Crippen LogP contribution in [0.3, 0.4) is 0 Å². The van der Waals surface area contributed by atoms with Crippen LogP contribution in [0.25, 0.3) is 0 Å². The molecule has 1 aromatic carbocycles. The lowest BCUT2D eigenvalue weighted by atomic mass is 10.1. The Kier molecular flexibility index (Phi) is 3.59. The Balaban J connectivity index is 3.18. The minimum Gasteiger partial charge on any atom is -0.387 e. The molecule has 1 unspecified atom stereocenters. The van der Waals surface area contributed by atoms with E-state index in [2.05, 4.69) is 0 Å². The van der Waals surface area contributed by atoms with Crippen LogP contribution in [-0.4, -0.2) is 25.5 Å². The van der Waals surface area contributed by atoms with E-state index in [4.69, 9.17) is 0 Å². The molecular weight excluding hydrogens is 245 g/mol. The zero-order chi connectivity index (χ0) is 12.5. The summed E-state index contributed by atoms with van der Waals surface area (Å²) >= 11 is 0. The van der Waals surface area contributed by atoms with Gasteiger partial charge in [-0.1, -0.05) is 0 Å². The highest BCUT2D eigenvalue weighted by molar-refractivity contribution is 7.90. The second-order valence-corrected chi connectivity index (χ2v) is 5.55. The van der Waals surface area contributed by atoms with E-state index in [0.717, 1.165) is 6.26 Å². The molecular formula is C9H9F3O3S. The van der Waals surface area contributed by atoms with E-state index in [0.29, 0.717) is 12.1 Å². The van der Waals surface area contributed by atoms with Crippen molar-refractivity contribution in [3.63, 3.8) is 0 Å². The molecule has 0 saturated carbocycles. The van der Waals surface area contributed by atoms with Crippen molar-refractivity contribution in [1.82, 2.24) is 0 Å². The summed E-state index contributed by atoms with van der Waals surface area (Å²) in [5, 5.41) is 9.32. The Bertz CT molecular complexity index is 499. The first-order chi connectivity index (χ1) is 7.22. The summed E-state index contributed by atoms with van der Waals surface area (Å²) in [4.78, 5) is 0. The van der Waals surface area contributed by atoms with E-state index < -0.39 is 44.7 Å². The average molecular weight is 254 g/mol. The molecule has 0 aliphatic heterocycles. The van der Waals surface area contributed by atoms with Crippen LogP contribution in [0.15, 0.2) is 12.1 Å². The Labute approximate surface area is 90.4 Å². The summed E-state index contributed by atoms with van der Waals surface area (Å²) in [6.45, 7) is 0. The lowest BCUT2D eigenvalue weighted by Gasteiger charge is -2.11. The van der Waals surface area contributed by atoms with Gasteiger partial charge >= 0.3 is 0 Å². The number of halogens is 3. The second-order valence-electron chi connectivity index (χ2n) is 3.37. The molecule has 0 heterocycles. The largest absolute Gasteiger partial charge is 0.387 e. The van der Waals surface area contributed by atoms with E-state index in [1.807, 2.05) is 0 Å². The van der Waals surface area contributed by atoms with Crippen LogP contribution in [-0.2, 0) is 9.84 Å². The summed E-state index contributed by atoms with van der Waals surface area (Å²) in [7, 11) is -3.62. The number of rotatable bonds is 3. The van der Waals surface area contributed by atoms with Gasteiger partial charge in [0.05, 0.1) is 17.4 Å². The van der Waals surface area contributed by atoms with Gasteiger partial charge in [-0.05, 0) is 12.1 Å². The number of sulfone groups is 1. The number of benzene rings is 1. The fourth-order valence-electron chi connectivity index (χ4n) is 1.22. The minimum absolute atomic E-state index is 0.557. The molecule has 90 valence electrons. The lowest BCUT2D eigenvalue weighted by molar-refractivity contribution is 0.189. The maximum absolute atomic E-state index is 13.1.